The van der Waals surface area contributed by atoms with Crippen LogP contribution in [0, 0.1) is 0 Å². The third-order valence-electron chi connectivity index (χ3n) is 4.47. The van der Waals surface area contributed by atoms with Crippen molar-refractivity contribution in [1.29, 1.82) is 0 Å². The Labute approximate surface area is 159 Å². The van der Waals surface area contributed by atoms with Crippen molar-refractivity contribution in [2.45, 2.75) is 19.4 Å². The summed E-state index contributed by atoms with van der Waals surface area (Å²) < 4.78 is 10.8. The standard InChI is InChI=1S/C21H24N2O4/c1-15-14-23(10-11-27-15)21(25)17-7-5-8-18(12-17)22-20(24)13-16-6-3-4-9-19(16)26-2/h3-9,12,15H,10-11,13-14H2,1-2H3,(H,22,24). The number of amides is 2. The van der Waals surface area contributed by atoms with Crippen molar-refractivity contribution in [3.05, 3.63) is 59.7 Å². The normalized spacial score (nSPS) is 16.7. The van der Waals surface area contributed by atoms with Crippen LogP contribution in [0.5, 0.6) is 5.75 Å². The number of methoxy groups -OCH3 is 1. The van der Waals surface area contributed by atoms with E-state index in [-0.39, 0.29) is 24.3 Å². The first-order valence-corrected chi connectivity index (χ1v) is 8.99. The maximum absolute atomic E-state index is 12.7. The number of para-hydroxylation sites is 1. The molecule has 1 fully saturated rings. The second-order valence-corrected chi connectivity index (χ2v) is 6.55. The molecule has 1 heterocycles. The van der Waals surface area contributed by atoms with Crippen molar-refractivity contribution < 1.29 is 19.1 Å². The zero-order valence-electron chi connectivity index (χ0n) is 15.6. The smallest absolute Gasteiger partial charge is 0.254 e. The maximum Gasteiger partial charge on any atom is 0.254 e. The minimum Gasteiger partial charge on any atom is -0.496 e. The molecule has 2 aromatic rings. The molecule has 1 saturated heterocycles. The second kappa shape index (κ2) is 8.68. The molecule has 1 unspecified atom stereocenters. The van der Waals surface area contributed by atoms with E-state index in [4.69, 9.17) is 9.47 Å². The minimum atomic E-state index is -0.163. The summed E-state index contributed by atoms with van der Waals surface area (Å²) in [5.74, 6) is 0.466. The molecule has 2 aromatic carbocycles. The molecule has 27 heavy (non-hydrogen) atoms. The molecule has 1 atom stereocenters. The van der Waals surface area contributed by atoms with Crippen LogP contribution in [0.3, 0.4) is 0 Å². The molecule has 0 radical (unpaired) electrons. The summed E-state index contributed by atoms with van der Waals surface area (Å²) in [6.45, 7) is 3.65. The van der Waals surface area contributed by atoms with E-state index >= 15 is 0 Å². The van der Waals surface area contributed by atoms with Crippen molar-refractivity contribution >= 4 is 17.5 Å². The Kier molecular flexibility index (Phi) is 6.08. The van der Waals surface area contributed by atoms with Gasteiger partial charge in [-0.15, -0.1) is 0 Å². The van der Waals surface area contributed by atoms with Crippen LogP contribution in [0.15, 0.2) is 48.5 Å². The lowest BCUT2D eigenvalue weighted by Gasteiger charge is -2.31. The Balaban J connectivity index is 1.66. The van der Waals surface area contributed by atoms with Crippen LogP contribution in [0.4, 0.5) is 5.69 Å². The molecule has 2 amide bonds. The third-order valence-corrected chi connectivity index (χ3v) is 4.47. The predicted octanol–water partition coefficient (Wildman–Crippen LogP) is 2.74. The predicted molar refractivity (Wildman–Crippen MR) is 103 cm³/mol. The van der Waals surface area contributed by atoms with Gasteiger partial charge < -0.3 is 19.7 Å². The van der Waals surface area contributed by atoms with Gasteiger partial charge in [0, 0.05) is 29.9 Å². The molecule has 6 heteroatoms. The first-order chi connectivity index (χ1) is 13.1. The highest BCUT2D eigenvalue weighted by Crippen LogP contribution is 2.19. The van der Waals surface area contributed by atoms with Crippen LogP contribution >= 0.6 is 0 Å². The van der Waals surface area contributed by atoms with Crippen LogP contribution in [0.1, 0.15) is 22.8 Å². The minimum absolute atomic E-state index is 0.0337. The fourth-order valence-corrected chi connectivity index (χ4v) is 3.14. The van der Waals surface area contributed by atoms with E-state index in [2.05, 4.69) is 5.32 Å². The number of carbonyl (C=O) groups excluding carboxylic acids is 2. The van der Waals surface area contributed by atoms with E-state index in [0.29, 0.717) is 36.7 Å². The van der Waals surface area contributed by atoms with Crippen LogP contribution in [0.2, 0.25) is 0 Å². The van der Waals surface area contributed by atoms with Gasteiger partial charge in [-0.3, -0.25) is 9.59 Å². The number of hydrogen-bond acceptors (Lipinski definition) is 4. The summed E-state index contributed by atoms with van der Waals surface area (Å²) in [6.07, 6.45) is 0.231. The summed E-state index contributed by atoms with van der Waals surface area (Å²) in [7, 11) is 1.58. The van der Waals surface area contributed by atoms with E-state index in [0.717, 1.165) is 5.56 Å². The fourth-order valence-electron chi connectivity index (χ4n) is 3.14. The summed E-state index contributed by atoms with van der Waals surface area (Å²) in [6, 6.07) is 14.4. The highest BCUT2D eigenvalue weighted by atomic mass is 16.5. The molecule has 0 saturated carbocycles. The first-order valence-electron chi connectivity index (χ1n) is 8.99. The number of anilines is 1. The monoisotopic (exact) mass is 368 g/mol. The molecule has 1 N–H and O–H groups in total. The Morgan fingerprint density at radius 1 is 1.22 bits per heavy atom. The van der Waals surface area contributed by atoms with Crippen LogP contribution < -0.4 is 10.1 Å². The number of benzene rings is 2. The van der Waals surface area contributed by atoms with Gasteiger partial charge in [-0.25, -0.2) is 0 Å². The average molecular weight is 368 g/mol. The maximum atomic E-state index is 12.7. The van der Waals surface area contributed by atoms with Crippen LogP contribution in [0.25, 0.3) is 0 Å². The first kappa shape index (κ1) is 18.9. The number of carbonyl (C=O) groups is 2. The van der Waals surface area contributed by atoms with Gasteiger partial charge >= 0.3 is 0 Å². The lowest BCUT2D eigenvalue weighted by atomic mass is 10.1. The fraction of sp³-hybridized carbons (Fsp3) is 0.333. The lowest BCUT2D eigenvalue weighted by Crippen LogP contribution is -2.44. The van der Waals surface area contributed by atoms with Crippen molar-refractivity contribution in [2.75, 3.05) is 32.1 Å². The average Bonchev–Trinajstić information content (AvgIpc) is 2.68. The molecule has 0 spiro atoms. The number of ether oxygens (including phenoxy) is 2. The number of nitrogens with one attached hydrogen (secondary N) is 1. The van der Waals surface area contributed by atoms with Crippen LogP contribution in [-0.2, 0) is 16.0 Å². The highest BCUT2D eigenvalue weighted by molar-refractivity contribution is 5.97. The van der Waals surface area contributed by atoms with Crippen molar-refractivity contribution in [3.63, 3.8) is 0 Å². The van der Waals surface area contributed by atoms with E-state index in [1.54, 1.807) is 36.3 Å². The molecule has 0 bridgehead atoms. The van der Waals surface area contributed by atoms with Gasteiger partial charge in [0.15, 0.2) is 0 Å². The zero-order valence-corrected chi connectivity index (χ0v) is 15.6. The molecule has 1 aliphatic rings. The zero-order chi connectivity index (χ0) is 19.2. The summed E-state index contributed by atoms with van der Waals surface area (Å²) in [5.41, 5.74) is 1.97. The second-order valence-electron chi connectivity index (χ2n) is 6.55. The molecular weight excluding hydrogens is 344 g/mol. The molecular formula is C21H24N2O4. The van der Waals surface area contributed by atoms with E-state index in [1.807, 2.05) is 31.2 Å². The largest absolute Gasteiger partial charge is 0.496 e. The molecule has 142 valence electrons. The van der Waals surface area contributed by atoms with Gasteiger partial charge in [0.05, 0.1) is 26.2 Å². The molecule has 6 nitrogen and oxygen atoms in total. The van der Waals surface area contributed by atoms with Gasteiger partial charge in [0.1, 0.15) is 5.75 Å². The number of rotatable bonds is 5. The Hall–Kier alpha value is -2.86. The lowest BCUT2D eigenvalue weighted by molar-refractivity contribution is -0.115. The molecule has 3 rings (SSSR count). The van der Waals surface area contributed by atoms with Gasteiger partial charge in [-0.05, 0) is 31.2 Å². The Morgan fingerprint density at radius 2 is 2.04 bits per heavy atom. The number of hydrogen-bond donors (Lipinski definition) is 1. The summed E-state index contributed by atoms with van der Waals surface area (Å²) in [5, 5.41) is 2.86. The van der Waals surface area contributed by atoms with Gasteiger partial charge in [0.2, 0.25) is 5.91 Å². The molecule has 1 aliphatic heterocycles. The Morgan fingerprint density at radius 3 is 2.81 bits per heavy atom. The SMILES string of the molecule is COc1ccccc1CC(=O)Nc1cccc(C(=O)N2CCOC(C)C2)c1. The van der Waals surface area contributed by atoms with E-state index in [9.17, 15) is 9.59 Å². The number of morpholine rings is 1. The molecule has 0 aliphatic carbocycles. The quantitative estimate of drug-likeness (QED) is 0.881. The topological polar surface area (TPSA) is 67.9 Å². The Bertz CT molecular complexity index is 821. The van der Waals surface area contributed by atoms with Crippen molar-refractivity contribution in [3.8, 4) is 5.75 Å². The van der Waals surface area contributed by atoms with Gasteiger partial charge in [-0.1, -0.05) is 24.3 Å². The van der Waals surface area contributed by atoms with E-state index < -0.39 is 0 Å². The molecule has 0 aromatic heterocycles. The van der Waals surface area contributed by atoms with Crippen molar-refractivity contribution in [1.82, 2.24) is 4.90 Å². The van der Waals surface area contributed by atoms with E-state index in [1.165, 1.54) is 0 Å². The van der Waals surface area contributed by atoms with Crippen LogP contribution in [-0.4, -0.2) is 49.6 Å². The summed E-state index contributed by atoms with van der Waals surface area (Å²) >= 11 is 0. The van der Waals surface area contributed by atoms with Crippen molar-refractivity contribution in [2.24, 2.45) is 0 Å². The van der Waals surface area contributed by atoms with Gasteiger partial charge in [0.25, 0.3) is 5.91 Å². The third kappa shape index (κ3) is 4.86. The number of nitrogens with zero attached hydrogens (tertiary/aromatic N) is 1. The van der Waals surface area contributed by atoms with Gasteiger partial charge in [-0.2, -0.15) is 0 Å². The summed E-state index contributed by atoms with van der Waals surface area (Å²) in [4.78, 5) is 26.9. The highest BCUT2D eigenvalue weighted by Gasteiger charge is 2.22.